The zero-order valence-electron chi connectivity index (χ0n) is 15.6. The fourth-order valence-electron chi connectivity index (χ4n) is 4.20. The number of hydrogen-bond acceptors (Lipinski definition) is 5. The number of rotatable bonds is 5. The molecular formula is C21H28N4O. The van der Waals surface area contributed by atoms with Crippen LogP contribution < -0.4 is 0 Å². The van der Waals surface area contributed by atoms with Crippen molar-refractivity contribution in [3.8, 4) is 0 Å². The minimum atomic E-state index is 0.0779. The maximum absolute atomic E-state index is 6.35. The highest BCUT2D eigenvalue weighted by atomic mass is 16.5. The normalized spacial score (nSPS) is 22.9. The third kappa shape index (κ3) is 4.11. The van der Waals surface area contributed by atoms with Gasteiger partial charge in [-0.3, -0.25) is 19.8 Å². The number of nitrogens with zero attached hydrogens (tertiary/aromatic N) is 4. The summed E-state index contributed by atoms with van der Waals surface area (Å²) < 4.78 is 6.35. The number of ether oxygens (including phenoxy) is 1. The van der Waals surface area contributed by atoms with Gasteiger partial charge in [0.25, 0.3) is 0 Å². The summed E-state index contributed by atoms with van der Waals surface area (Å²) in [6.45, 7) is 4.92. The van der Waals surface area contributed by atoms with Crippen LogP contribution in [0.15, 0.2) is 48.9 Å². The summed E-state index contributed by atoms with van der Waals surface area (Å²) in [7, 11) is 2.19. The lowest BCUT2D eigenvalue weighted by Crippen LogP contribution is -2.44. The first-order valence-corrected chi connectivity index (χ1v) is 9.58. The van der Waals surface area contributed by atoms with E-state index in [1.165, 1.54) is 5.56 Å². The van der Waals surface area contributed by atoms with Gasteiger partial charge in [0.2, 0.25) is 0 Å². The summed E-state index contributed by atoms with van der Waals surface area (Å²) in [5.41, 5.74) is 2.50. The second kappa shape index (κ2) is 7.82. The number of piperidine rings is 1. The monoisotopic (exact) mass is 352 g/mol. The fourth-order valence-corrected chi connectivity index (χ4v) is 4.20. The highest BCUT2D eigenvalue weighted by molar-refractivity contribution is 5.09. The maximum Gasteiger partial charge on any atom is 0.0723 e. The molecule has 2 aliphatic heterocycles. The average Bonchev–Trinajstić information content (AvgIpc) is 3.10. The van der Waals surface area contributed by atoms with Crippen LogP contribution in [0.3, 0.4) is 0 Å². The highest BCUT2D eigenvalue weighted by Crippen LogP contribution is 2.37. The summed E-state index contributed by atoms with van der Waals surface area (Å²) >= 11 is 0. The Labute approximate surface area is 156 Å². The van der Waals surface area contributed by atoms with Gasteiger partial charge in [-0.1, -0.05) is 12.1 Å². The summed E-state index contributed by atoms with van der Waals surface area (Å²) in [4.78, 5) is 13.6. The molecular weight excluding hydrogens is 324 g/mol. The van der Waals surface area contributed by atoms with E-state index < -0.39 is 0 Å². The molecule has 26 heavy (non-hydrogen) atoms. The standard InChI is InChI=1S/C21H28N4O/c1-24(16-19-6-2-3-10-23-19)20-13-21(26-17-20)7-11-25(12-8-21)15-18-5-4-9-22-14-18/h2-6,9-10,14,20H,7-8,11-13,15-17H2,1H3/t20-/m1/s1. The first-order valence-electron chi connectivity index (χ1n) is 9.58. The first-order chi connectivity index (χ1) is 12.7. The molecule has 1 spiro atoms. The molecule has 5 nitrogen and oxygen atoms in total. The van der Waals surface area contributed by atoms with Crippen molar-refractivity contribution in [1.29, 1.82) is 0 Å². The number of hydrogen-bond donors (Lipinski definition) is 0. The Morgan fingerprint density at radius 1 is 1.19 bits per heavy atom. The molecule has 0 amide bonds. The van der Waals surface area contributed by atoms with Gasteiger partial charge in [-0.2, -0.15) is 0 Å². The number of likely N-dealkylation sites (N-methyl/N-ethyl adjacent to an activating group) is 1. The van der Waals surface area contributed by atoms with Crippen LogP contribution in [0.2, 0.25) is 0 Å². The van der Waals surface area contributed by atoms with Gasteiger partial charge >= 0.3 is 0 Å². The molecule has 2 aromatic rings. The molecule has 5 heteroatoms. The lowest BCUT2D eigenvalue weighted by atomic mass is 9.87. The Hall–Kier alpha value is -1.82. The van der Waals surface area contributed by atoms with E-state index in [2.05, 4.69) is 45.0 Å². The minimum absolute atomic E-state index is 0.0779. The zero-order valence-corrected chi connectivity index (χ0v) is 15.6. The van der Waals surface area contributed by atoms with Gasteiger partial charge in [-0.05, 0) is 50.1 Å². The Kier molecular flexibility index (Phi) is 5.29. The van der Waals surface area contributed by atoms with Gasteiger partial charge in [0.05, 0.1) is 17.9 Å². The Balaban J connectivity index is 1.28. The molecule has 0 unspecified atom stereocenters. The van der Waals surface area contributed by atoms with E-state index in [4.69, 9.17) is 4.74 Å². The molecule has 4 rings (SSSR count). The fraction of sp³-hybridized carbons (Fsp3) is 0.524. The molecule has 138 valence electrons. The number of pyridine rings is 2. The van der Waals surface area contributed by atoms with Crippen LogP contribution >= 0.6 is 0 Å². The summed E-state index contributed by atoms with van der Waals surface area (Å²) in [5.74, 6) is 0. The van der Waals surface area contributed by atoms with Gasteiger partial charge in [-0.25, -0.2) is 0 Å². The van der Waals surface area contributed by atoms with Gasteiger partial charge in [-0.15, -0.1) is 0 Å². The SMILES string of the molecule is CN(Cc1ccccn1)[C@H]1COC2(CCN(Cc3cccnc3)CC2)C1. The van der Waals surface area contributed by atoms with Crippen molar-refractivity contribution in [2.45, 2.75) is 44.0 Å². The smallest absolute Gasteiger partial charge is 0.0723 e. The van der Waals surface area contributed by atoms with Crippen LogP contribution in [0.4, 0.5) is 0 Å². The molecule has 0 bridgehead atoms. The third-order valence-corrected chi connectivity index (χ3v) is 5.85. The van der Waals surface area contributed by atoms with Crippen LogP contribution in [-0.4, -0.2) is 58.2 Å². The van der Waals surface area contributed by atoms with Crippen molar-refractivity contribution >= 4 is 0 Å². The molecule has 0 aliphatic carbocycles. The van der Waals surface area contributed by atoms with Crippen molar-refractivity contribution in [2.24, 2.45) is 0 Å². The van der Waals surface area contributed by atoms with E-state index in [1.54, 1.807) is 0 Å². The van der Waals surface area contributed by atoms with Crippen LogP contribution in [0.5, 0.6) is 0 Å². The van der Waals surface area contributed by atoms with Crippen LogP contribution in [0.25, 0.3) is 0 Å². The van der Waals surface area contributed by atoms with Crippen LogP contribution in [0.1, 0.15) is 30.5 Å². The quantitative estimate of drug-likeness (QED) is 0.828. The summed E-state index contributed by atoms with van der Waals surface area (Å²) in [6, 6.07) is 10.8. The molecule has 4 heterocycles. The Morgan fingerprint density at radius 2 is 2.08 bits per heavy atom. The topological polar surface area (TPSA) is 41.5 Å². The molecule has 2 aliphatic rings. The van der Waals surface area contributed by atoms with Crippen molar-refractivity contribution in [2.75, 3.05) is 26.7 Å². The summed E-state index contributed by atoms with van der Waals surface area (Å²) in [5, 5.41) is 0. The van der Waals surface area contributed by atoms with E-state index in [0.29, 0.717) is 6.04 Å². The lowest BCUT2D eigenvalue weighted by molar-refractivity contribution is -0.0452. The molecule has 0 radical (unpaired) electrons. The van der Waals surface area contributed by atoms with E-state index in [9.17, 15) is 0 Å². The maximum atomic E-state index is 6.35. The molecule has 2 aromatic heterocycles. The van der Waals surface area contributed by atoms with Crippen molar-refractivity contribution in [3.63, 3.8) is 0 Å². The summed E-state index contributed by atoms with van der Waals surface area (Å²) in [6.07, 6.45) is 9.06. The van der Waals surface area contributed by atoms with Crippen LogP contribution in [-0.2, 0) is 17.8 Å². The molecule has 2 saturated heterocycles. The second-order valence-corrected chi connectivity index (χ2v) is 7.73. The van der Waals surface area contributed by atoms with Gasteiger partial charge in [0.15, 0.2) is 0 Å². The van der Waals surface area contributed by atoms with Crippen LogP contribution in [0, 0.1) is 0 Å². The second-order valence-electron chi connectivity index (χ2n) is 7.73. The third-order valence-electron chi connectivity index (χ3n) is 5.85. The largest absolute Gasteiger partial charge is 0.373 e. The Bertz CT molecular complexity index is 686. The number of likely N-dealkylation sites (tertiary alicyclic amines) is 1. The predicted octanol–water partition coefficient (Wildman–Crippen LogP) is 2.73. The molecule has 0 N–H and O–H groups in total. The molecule has 0 saturated carbocycles. The van der Waals surface area contributed by atoms with Gasteiger partial charge in [0.1, 0.15) is 0 Å². The van der Waals surface area contributed by atoms with E-state index >= 15 is 0 Å². The average molecular weight is 352 g/mol. The van der Waals surface area contributed by atoms with Crippen molar-refractivity contribution in [3.05, 3.63) is 60.2 Å². The molecule has 1 atom stereocenters. The minimum Gasteiger partial charge on any atom is -0.373 e. The van der Waals surface area contributed by atoms with E-state index in [1.807, 2.05) is 30.7 Å². The predicted molar refractivity (Wildman–Crippen MR) is 102 cm³/mol. The molecule has 2 fully saturated rings. The highest BCUT2D eigenvalue weighted by Gasteiger charge is 2.43. The first kappa shape index (κ1) is 17.6. The Morgan fingerprint density at radius 3 is 2.81 bits per heavy atom. The van der Waals surface area contributed by atoms with Crippen molar-refractivity contribution in [1.82, 2.24) is 19.8 Å². The number of aromatic nitrogens is 2. The van der Waals surface area contributed by atoms with E-state index in [-0.39, 0.29) is 5.60 Å². The van der Waals surface area contributed by atoms with Gasteiger partial charge in [0, 0.05) is 50.8 Å². The van der Waals surface area contributed by atoms with Crippen molar-refractivity contribution < 1.29 is 4.74 Å². The zero-order chi connectivity index (χ0) is 17.8. The lowest BCUT2D eigenvalue weighted by Gasteiger charge is -2.39. The molecule has 0 aromatic carbocycles. The van der Waals surface area contributed by atoms with E-state index in [0.717, 1.165) is 57.7 Å². The van der Waals surface area contributed by atoms with Gasteiger partial charge < -0.3 is 4.74 Å².